The second kappa shape index (κ2) is 6.43. The molecule has 8 heteroatoms. The highest BCUT2D eigenvalue weighted by molar-refractivity contribution is 7.09. The Morgan fingerprint density at radius 3 is 2.83 bits per heavy atom. The number of fused-ring (bicyclic) bond motifs is 1. The van der Waals surface area contributed by atoms with Crippen LogP contribution in [0.4, 0.5) is 0 Å². The number of hydrogen-bond donors (Lipinski definition) is 2. The molecule has 0 saturated heterocycles. The number of hydrogen-bond acceptors (Lipinski definition) is 6. The molecule has 0 amide bonds. The largest absolute Gasteiger partial charge is 0.486 e. The molecular weight excluding hydrogens is 320 g/mol. The van der Waals surface area contributed by atoms with Crippen LogP contribution in [0.1, 0.15) is 4.88 Å². The number of carboxylic acids is 1. The predicted molar refractivity (Wildman–Crippen MR) is 85.3 cm³/mol. The van der Waals surface area contributed by atoms with Crippen LogP contribution in [0, 0.1) is 0 Å². The summed E-state index contributed by atoms with van der Waals surface area (Å²) in [6.07, 6.45) is 0. The van der Waals surface area contributed by atoms with E-state index in [-0.39, 0.29) is 11.4 Å². The zero-order valence-electron chi connectivity index (χ0n) is 12.5. The number of aromatic nitrogens is 1. The van der Waals surface area contributed by atoms with Crippen LogP contribution < -0.4 is 14.3 Å². The van der Waals surface area contributed by atoms with E-state index in [2.05, 4.69) is 4.98 Å². The number of aromatic amines is 1. The minimum absolute atomic E-state index is 0.0906. The Morgan fingerprint density at radius 1 is 1.35 bits per heavy atom. The van der Waals surface area contributed by atoms with Gasteiger partial charge < -0.3 is 19.6 Å². The van der Waals surface area contributed by atoms with Gasteiger partial charge in [0.1, 0.15) is 13.2 Å². The van der Waals surface area contributed by atoms with Crippen LogP contribution in [-0.2, 0) is 11.3 Å². The third-order valence-corrected chi connectivity index (χ3v) is 4.24. The lowest BCUT2D eigenvalue weighted by Gasteiger charge is -2.19. The van der Waals surface area contributed by atoms with Crippen molar-refractivity contribution in [3.8, 4) is 22.8 Å². The van der Waals surface area contributed by atoms with Gasteiger partial charge in [-0.15, -0.1) is 0 Å². The fourth-order valence-corrected chi connectivity index (χ4v) is 3.37. The molecule has 122 valence electrons. The number of likely N-dealkylation sites (N-methyl/N-ethyl adjacent to an activating group) is 1. The molecule has 0 fully saturated rings. The van der Waals surface area contributed by atoms with E-state index in [9.17, 15) is 9.59 Å². The number of aliphatic carboxylic acids is 1. The minimum atomic E-state index is -0.906. The molecule has 0 unspecified atom stereocenters. The molecule has 1 aromatic heterocycles. The van der Waals surface area contributed by atoms with Crippen molar-refractivity contribution < 1.29 is 19.4 Å². The lowest BCUT2D eigenvalue weighted by atomic mass is 10.1. The third kappa shape index (κ3) is 3.54. The van der Waals surface area contributed by atoms with Crippen LogP contribution >= 0.6 is 11.3 Å². The van der Waals surface area contributed by atoms with Crippen molar-refractivity contribution in [3.05, 3.63) is 32.7 Å². The van der Waals surface area contributed by atoms with Crippen LogP contribution in [0.2, 0.25) is 0 Å². The highest BCUT2D eigenvalue weighted by Crippen LogP contribution is 2.35. The Hall–Kier alpha value is -2.32. The van der Waals surface area contributed by atoms with E-state index in [1.54, 1.807) is 11.9 Å². The van der Waals surface area contributed by atoms with E-state index < -0.39 is 5.97 Å². The van der Waals surface area contributed by atoms with E-state index in [1.165, 1.54) is 0 Å². The van der Waals surface area contributed by atoms with Crippen molar-refractivity contribution in [2.24, 2.45) is 0 Å². The lowest BCUT2D eigenvalue weighted by Crippen LogP contribution is -2.24. The molecule has 2 N–H and O–H groups in total. The number of thiazole rings is 1. The molecule has 3 rings (SSSR count). The number of carbonyl (C=O) groups is 1. The SMILES string of the molecule is CN(CC(=O)O)Cc1sc(=O)[nH]c1-c1ccc2c(c1)OCCO2. The summed E-state index contributed by atoms with van der Waals surface area (Å²) >= 11 is 1.08. The summed E-state index contributed by atoms with van der Waals surface area (Å²) in [5.41, 5.74) is 1.50. The molecule has 0 atom stereocenters. The molecule has 7 nitrogen and oxygen atoms in total. The van der Waals surface area contributed by atoms with Crippen molar-refractivity contribution in [1.29, 1.82) is 0 Å². The predicted octanol–water partition coefficient (Wildman–Crippen LogP) is 1.39. The fraction of sp³-hybridized carbons (Fsp3) is 0.333. The van der Waals surface area contributed by atoms with E-state index >= 15 is 0 Å². The number of benzene rings is 1. The zero-order valence-corrected chi connectivity index (χ0v) is 13.3. The third-order valence-electron chi connectivity index (χ3n) is 3.37. The average Bonchev–Trinajstić information content (AvgIpc) is 2.86. The van der Waals surface area contributed by atoms with Crippen LogP contribution in [-0.4, -0.2) is 47.8 Å². The number of carboxylic acid groups (broad SMARTS) is 1. The monoisotopic (exact) mass is 336 g/mol. The van der Waals surface area contributed by atoms with Gasteiger partial charge in [-0.05, 0) is 25.2 Å². The van der Waals surface area contributed by atoms with Gasteiger partial charge in [0.05, 0.1) is 12.2 Å². The summed E-state index contributed by atoms with van der Waals surface area (Å²) in [5.74, 6) is 0.420. The maximum atomic E-state index is 11.7. The first-order valence-electron chi connectivity index (χ1n) is 7.05. The molecule has 23 heavy (non-hydrogen) atoms. The standard InChI is InChI=1S/C15H16N2O5S/c1-17(8-13(18)19)7-12-14(16-15(20)23-12)9-2-3-10-11(6-9)22-5-4-21-10/h2-3,6H,4-5,7-8H2,1H3,(H,16,20)(H,18,19). The molecule has 0 bridgehead atoms. The van der Waals surface area contributed by atoms with E-state index in [0.717, 1.165) is 21.8 Å². The van der Waals surface area contributed by atoms with Gasteiger partial charge in [0.2, 0.25) is 0 Å². The molecule has 0 saturated carbocycles. The van der Waals surface area contributed by atoms with Crippen LogP contribution in [0.15, 0.2) is 23.0 Å². The molecule has 0 radical (unpaired) electrons. The lowest BCUT2D eigenvalue weighted by molar-refractivity contribution is -0.138. The average molecular weight is 336 g/mol. The Balaban J connectivity index is 1.91. The summed E-state index contributed by atoms with van der Waals surface area (Å²) in [6, 6.07) is 5.49. The molecular formula is C15H16N2O5S. The van der Waals surface area contributed by atoms with Crippen molar-refractivity contribution in [1.82, 2.24) is 9.88 Å². The maximum absolute atomic E-state index is 11.7. The molecule has 1 aliphatic heterocycles. The second-order valence-corrected chi connectivity index (χ2v) is 6.30. The smallest absolute Gasteiger partial charge is 0.317 e. The van der Waals surface area contributed by atoms with Crippen molar-refractivity contribution in [3.63, 3.8) is 0 Å². The van der Waals surface area contributed by atoms with Gasteiger partial charge in [-0.2, -0.15) is 0 Å². The normalized spacial score (nSPS) is 13.3. The summed E-state index contributed by atoms with van der Waals surface area (Å²) in [4.78, 5) is 27.6. The van der Waals surface area contributed by atoms with Crippen LogP contribution in [0.3, 0.4) is 0 Å². The number of H-pyrrole nitrogens is 1. The first-order valence-corrected chi connectivity index (χ1v) is 7.87. The van der Waals surface area contributed by atoms with Crippen LogP contribution in [0.5, 0.6) is 11.5 Å². The minimum Gasteiger partial charge on any atom is -0.486 e. The highest BCUT2D eigenvalue weighted by atomic mass is 32.1. The van der Waals surface area contributed by atoms with Crippen LogP contribution in [0.25, 0.3) is 11.3 Å². The topological polar surface area (TPSA) is 91.9 Å². The Kier molecular flexibility index (Phi) is 4.35. The zero-order chi connectivity index (χ0) is 16.4. The van der Waals surface area contributed by atoms with Gasteiger partial charge in [0, 0.05) is 17.0 Å². The highest BCUT2D eigenvalue weighted by Gasteiger charge is 2.17. The van der Waals surface area contributed by atoms with Gasteiger partial charge in [0.25, 0.3) is 0 Å². The molecule has 1 aromatic carbocycles. The summed E-state index contributed by atoms with van der Waals surface area (Å²) in [5, 5.41) is 8.85. The van der Waals surface area contributed by atoms with Crippen molar-refractivity contribution >= 4 is 17.3 Å². The number of nitrogens with one attached hydrogen (secondary N) is 1. The quantitative estimate of drug-likeness (QED) is 0.857. The van der Waals surface area contributed by atoms with Gasteiger partial charge in [-0.25, -0.2) is 0 Å². The van der Waals surface area contributed by atoms with E-state index in [1.807, 2.05) is 18.2 Å². The Labute approximate surface area is 136 Å². The molecule has 2 heterocycles. The van der Waals surface area contributed by atoms with Crippen molar-refractivity contribution in [2.45, 2.75) is 6.54 Å². The van der Waals surface area contributed by atoms with Gasteiger partial charge in [-0.1, -0.05) is 11.3 Å². The molecule has 0 aliphatic carbocycles. The van der Waals surface area contributed by atoms with Crippen molar-refractivity contribution in [2.75, 3.05) is 26.8 Å². The molecule has 1 aliphatic rings. The summed E-state index contributed by atoms with van der Waals surface area (Å²) < 4.78 is 11.1. The number of ether oxygens (including phenoxy) is 2. The fourth-order valence-electron chi connectivity index (χ4n) is 2.44. The first kappa shape index (κ1) is 15.6. The van der Waals surface area contributed by atoms with E-state index in [4.69, 9.17) is 14.6 Å². The van der Waals surface area contributed by atoms with Gasteiger partial charge in [-0.3, -0.25) is 14.5 Å². The molecule has 0 spiro atoms. The van der Waals surface area contributed by atoms with Gasteiger partial charge in [0.15, 0.2) is 11.5 Å². The van der Waals surface area contributed by atoms with E-state index in [0.29, 0.717) is 37.0 Å². The Bertz CT molecular complexity index is 782. The second-order valence-electron chi connectivity index (χ2n) is 5.24. The Morgan fingerprint density at radius 2 is 2.09 bits per heavy atom. The number of rotatable bonds is 5. The first-order chi connectivity index (χ1) is 11.0. The maximum Gasteiger partial charge on any atom is 0.317 e. The summed E-state index contributed by atoms with van der Waals surface area (Å²) in [7, 11) is 1.70. The number of nitrogens with zero attached hydrogens (tertiary/aromatic N) is 1. The molecule has 2 aromatic rings. The summed E-state index contributed by atoms with van der Waals surface area (Å²) in [6.45, 7) is 1.30. The van der Waals surface area contributed by atoms with Gasteiger partial charge >= 0.3 is 10.8 Å².